The Kier molecular flexibility index (Phi) is 7.27. The fraction of sp³-hybridized carbons (Fsp3) is 0.200. The first-order valence-corrected chi connectivity index (χ1v) is 10.9. The van der Waals surface area contributed by atoms with Gasteiger partial charge in [-0.3, -0.25) is 9.78 Å². The van der Waals surface area contributed by atoms with Crippen LogP contribution in [0.2, 0.25) is 5.02 Å². The second-order valence-corrected chi connectivity index (χ2v) is 8.24. The fourth-order valence-electron chi connectivity index (χ4n) is 3.87. The van der Waals surface area contributed by atoms with E-state index in [0.717, 1.165) is 23.8 Å². The summed E-state index contributed by atoms with van der Waals surface area (Å²) >= 11 is 6.07. The van der Waals surface area contributed by atoms with Crippen LogP contribution in [0.3, 0.4) is 0 Å². The molecular weight excluding hydrogens is 464 g/mol. The summed E-state index contributed by atoms with van der Waals surface area (Å²) in [6.07, 6.45) is 3.91. The van der Waals surface area contributed by atoms with E-state index in [1.54, 1.807) is 36.7 Å². The number of nitrogens with one attached hydrogen (secondary N) is 1. The predicted octanol–water partition coefficient (Wildman–Crippen LogP) is 5.21. The van der Waals surface area contributed by atoms with Crippen LogP contribution in [0.1, 0.15) is 29.2 Å². The van der Waals surface area contributed by atoms with Gasteiger partial charge in [-0.2, -0.15) is 0 Å². The molecule has 174 valence electrons. The number of nitrogens with zero attached hydrogens (tertiary/aromatic N) is 2. The van der Waals surface area contributed by atoms with Crippen LogP contribution < -0.4 is 5.32 Å². The van der Waals surface area contributed by atoms with Crippen LogP contribution >= 0.6 is 11.6 Å². The molecule has 2 unspecified atom stereocenters. The molecule has 2 aromatic carbocycles. The van der Waals surface area contributed by atoms with Gasteiger partial charge in [-0.1, -0.05) is 23.7 Å². The Bertz CT molecular complexity index is 1220. The first kappa shape index (κ1) is 23.5. The summed E-state index contributed by atoms with van der Waals surface area (Å²) in [6, 6.07) is 12.3. The number of amides is 2. The average molecular weight is 484 g/mol. The number of carbonyl (C=O) groups excluding carboxylic acids is 2. The van der Waals surface area contributed by atoms with Crippen molar-refractivity contribution in [2.45, 2.75) is 25.5 Å². The van der Waals surface area contributed by atoms with E-state index < -0.39 is 35.6 Å². The third-order valence-corrected chi connectivity index (χ3v) is 5.63. The van der Waals surface area contributed by atoms with E-state index in [4.69, 9.17) is 16.3 Å². The highest BCUT2D eigenvalue weighted by atomic mass is 35.5. The Hall–Kier alpha value is -3.65. The number of carbonyl (C=O) groups is 2. The Balaban J connectivity index is 1.59. The van der Waals surface area contributed by atoms with Gasteiger partial charge in [0.2, 0.25) is 0 Å². The van der Waals surface area contributed by atoms with Crippen molar-refractivity contribution in [1.82, 2.24) is 10.3 Å². The minimum Gasteiger partial charge on any atom is -0.460 e. The maximum Gasteiger partial charge on any atom is 0.341 e. The molecule has 1 aliphatic heterocycles. The number of rotatable bonds is 7. The van der Waals surface area contributed by atoms with Gasteiger partial charge in [0.15, 0.2) is 0 Å². The number of aromatic nitrogens is 1. The summed E-state index contributed by atoms with van der Waals surface area (Å²) in [4.78, 5) is 33.7. The van der Waals surface area contributed by atoms with Crippen molar-refractivity contribution in [1.29, 1.82) is 0 Å². The van der Waals surface area contributed by atoms with Crippen LogP contribution in [0.4, 0.5) is 13.6 Å². The van der Waals surface area contributed by atoms with Crippen molar-refractivity contribution in [3.8, 4) is 0 Å². The zero-order valence-corrected chi connectivity index (χ0v) is 18.6. The third kappa shape index (κ3) is 5.82. The van der Waals surface area contributed by atoms with Crippen LogP contribution in [0.15, 0.2) is 72.0 Å². The molecule has 0 saturated heterocycles. The molecule has 1 aliphatic rings. The van der Waals surface area contributed by atoms with Crippen LogP contribution in [0.25, 0.3) is 0 Å². The number of pyridine rings is 1. The Morgan fingerprint density at radius 1 is 1.00 bits per heavy atom. The van der Waals surface area contributed by atoms with E-state index in [2.05, 4.69) is 15.3 Å². The van der Waals surface area contributed by atoms with E-state index in [9.17, 15) is 18.4 Å². The molecule has 0 fully saturated rings. The van der Waals surface area contributed by atoms with Crippen molar-refractivity contribution in [2.24, 2.45) is 10.9 Å². The number of ether oxygens (including phenoxy) is 1. The van der Waals surface area contributed by atoms with Crippen LogP contribution in [-0.2, 0) is 22.6 Å². The van der Waals surface area contributed by atoms with Crippen LogP contribution in [0, 0.1) is 17.6 Å². The fourth-order valence-corrected chi connectivity index (χ4v) is 4.09. The molecule has 0 bridgehead atoms. The molecule has 0 aliphatic carbocycles. The summed E-state index contributed by atoms with van der Waals surface area (Å²) in [5.41, 5.74) is 2.09. The molecule has 0 spiro atoms. The molecule has 2 atom stereocenters. The Morgan fingerprint density at radius 2 is 1.74 bits per heavy atom. The standard InChI is InChI=1S/C25H20ClF2N3O3/c26-18-3-1-2-15(10-18)4-5-21-22(23(31-25(33)30-21)17-6-8-29-9-7-17)24(32)34-14-16-11-19(27)13-20(28)12-16/h1-3,6-13,22-23H,4-5,14H2,(H,31,33). The number of hydrogen-bond donors (Lipinski definition) is 1. The highest BCUT2D eigenvalue weighted by molar-refractivity contribution is 6.30. The summed E-state index contributed by atoms with van der Waals surface area (Å²) < 4.78 is 32.5. The SMILES string of the molecule is O=C1N=C(CCc2cccc(Cl)c2)C(C(=O)OCc2cc(F)cc(F)c2)C(c2ccncc2)N1. The third-order valence-electron chi connectivity index (χ3n) is 5.40. The van der Waals surface area contributed by atoms with Crippen molar-refractivity contribution in [3.05, 3.63) is 100 Å². The van der Waals surface area contributed by atoms with Crippen LogP contribution in [0.5, 0.6) is 0 Å². The van der Waals surface area contributed by atoms with Gasteiger partial charge in [0.1, 0.15) is 24.2 Å². The topological polar surface area (TPSA) is 80.7 Å². The van der Waals surface area contributed by atoms with Crippen molar-refractivity contribution < 1.29 is 23.1 Å². The minimum atomic E-state index is -0.933. The molecule has 9 heteroatoms. The number of esters is 1. The molecule has 1 N–H and O–H groups in total. The molecular formula is C25H20ClF2N3O3. The lowest BCUT2D eigenvalue weighted by Crippen LogP contribution is -2.45. The van der Waals surface area contributed by atoms with E-state index in [1.807, 2.05) is 12.1 Å². The van der Waals surface area contributed by atoms with E-state index in [1.165, 1.54) is 0 Å². The normalized spacial score (nSPS) is 17.6. The first-order valence-electron chi connectivity index (χ1n) is 10.5. The smallest absolute Gasteiger partial charge is 0.341 e. The molecule has 1 aromatic heterocycles. The van der Waals surface area contributed by atoms with Gasteiger partial charge in [-0.25, -0.2) is 18.6 Å². The molecule has 3 aromatic rings. The highest BCUT2D eigenvalue weighted by Crippen LogP contribution is 2.30. The second kappa shape index (κ2) is 10.5. The largest absolute Gasteiger partial charge is 0.460 e. The van der Waals surface area contributed by atoms with Gasteiger partial charge in [0.05, 0.1) is 6.04 Å². The quantitative estimate of drug-likeness (QED) is 0.468. The maximum absolute atomic E-state index is 13.5. The summed E-state index contributed by atoms with van der Waals surface area (Å²) in [6.45, 7) is -0.331. The van der Waals surface area contributed by atoms with Crippen LogP contribution in [-0.4, -0.2) is 22.7 Å². The number of aryl methyl sites for hydroxylation is 1. The molecule has 2 amide bonds. The predicted molar refractivity (Wildman–Crippen MR) is 122 cm³/mol. The first-order chi connectivity index (χ1) is 16.4. The average Bonchev–Trinajstić information content (AvgIpc) is 2.81. The molecule has 2 heterocycles. The second-order valence-electron chi connectivity index (χ2n) is 7.80. The molecule has 0 saturated carbocycles. The summed E-state index contributed by atoms with van der Waals surface area (Å²) in [5, 5.41) is 3.30. The minimum absolute atomic E-state index is 0.170. The lowest BCUT2D eigenvalue weighted by molar-refractivity contribution is -0.148. The van der Waals surface area contributed by atoms with E-state index in [-0.39, 0.29) is 12.2 Å². The number of halogens is 3. The van der Waals surface area contributed by atoms with Gasteiger partial charge in [0, 0.05) is 29.2 Å². The monoisotopic (exact) mass is 483 g/mol. The van der Waals surface area contributed by atoms with Crippen molar-refractivity contribution >= 4 is 29.3 Å². The molecule has 34 heavy (non-hydrogen) atoms. The molecule has 4 rings (SSSR count). The molecule has 6 nitrogen and oxygen atoms in total. The van der Waals surface area contributed by atoms with Gasteiger partial charge in [0.25, 0.3) is 0 Å². The van der Waals surface area contributed by atoms with Crippen molar-refractivity contribution in [3.63, 3.8) is 0 Å². The summed E-state index contributed by atoms with van der Waals surface area (Å²) in [5.74, 6) is -3.14. The highest BCUT2D eigenvalue weighted by Gasteiger charge is 2.39. The van der Waals surface area contributed by atoms with Gasteiger partial charge in [-0.15, -0.1) is 0 Å². The maximum atomic E-state index is 13.5. The zero-order valence-electron chi connectivity index (χ0n) is 17.9. The lowest BCUT2D eigenvalue weighted by atomic mass is 9.85. The number of aliphatic imine (C=N–C) groups is 1. The van der Waals surface area contributed by atoms with Gasteiger partial charge < -0.3 is 10.1 Å². The Labute approximate surface area is 199 Å². The number of urea groups is 1. The van der Waals surface area contributed by atoms with Gasteiger partial charge >= 0.3 is 12.0 Å². The Morgan fingerprint density at radius 3 is 2.44 bits per heavy atom. The lowest BCUT2D eigenvalue weighted by Gasteiger charge is -2.31. The van der Waals surface area contributed by atoms with E-state index in [0.29, 0.717) is 29.1 Å². The van der Waals surface area contributed by atoms with Crippen molar-refractivity contribution in [2.75, 3.05) is 0 Å². The van der Waals surface area contributed by atoms with E-state index >= 15 is 0 Å². The van der Waals surface area contributed by atoms with Gasteiger partial charge in [-0.05, 0) is 65.9 Å². The molecule has 0 radical (unpaired) electrons. The number of benzene rings is 2. The number of hydrogen-bond acceptors (Lipinski definition) is 4. The summed E-state index contributed by atoms with van der Waals surface area (Å²) in [7, 11) is 0. The zero-order chi connectivity index (χ0) is 24.1.